The average molecular weight is 275 g/mol. The molecule has 2 atom stereocenters. The number of nitrogens with two attached hydrogens (primary N) is 1. The summed E-state index contributed by atoms with van der Waals surface area (Å²) in [5.41, 5.74) is 6.18. The quantitative estimate of drug-likeness (QED) is 0.810. The summed E-state index contributed by atoms with van der Waals surface area (Å²) in [6, 6.07) is 0. The molecule has 0 aromatic heterocycles. The topological polar surface area (TPSA) is 60.2 Å². The van der Waals surface area contributed by atoms with Gasteiger partial charge in [0.1, 0.15) is 9.84 Å². The summed E-state index contributed by atoms with van der Waals surface area (Å²) < 4.78 is 23.6. The summed E-state index contributed by atoms with van der Waals surface area (Å²) >= 11 is 0. The molecule has 0 saturated heterocycles. The van der Waals surface area contributed by atoms with Crippen LogP contribution in [-0.2, 0) is 9.84 Å². The van der Waals surface area contributed by atoms with Crippen molar-refractivity contribution in [3.63, 3.8) is 0 Å². The van der Waals surface area contributed by atoms with Gasteiger partial charge < -0.3 is 5.73 Å². The van der Waals surface area contributed by atoms with Crippen molar-refractivity contribution in [1.82, 2.24) is 0 Å². The predicted octanol–water partition coefficient (Wildman–Crippen LogP) is 2.60. The minimum Gasteiger partial charge on any atom is -0.330 e. The zero-order valence-electron chi connectivity index (χ0n) is 12.1. The van der Waals surface area contributed by atoms with Gasteiger partial charge in [-0.1, -0.05) is 20.8 Å². The van der Waals surface area contributed by atoms with E-state index in [2.05, 4.69) is 13.8 Å². The molecule has 108 valence electrons. The van der Waals surface area contributed by atoms with E-state index in [-0.39, 0.29) is 0 Å². The van der Waals surface area contributed by atoms with Crippen LogP contribution in [0.25, 0.3) is 0 Å². The third-order valence-corrected chi connectivity index (χ3v) is 6.18. The van der Waals surface area contributed by atoms with Crippen LogP contribution >= 0.6 is 0 Å². The first-order valence-electron chi connectivity index (χ1n) is 7.20. The lowest BCUT2D eigenvalue weighted by molar-refractivity contribution is 0.119. The summed E-state index contributed by atoms with van der Waals surface area (Å²) in [4.78, 5) is 0. The van der Waals surface area contributed by atoms with Gasteiger partial charge >= 0.3 is 0 Å². The maximum atomic E-state index is 11.8. The Labute approximate surface area is 112 Å². The molecule has 0 aliphatic heterocycles. The Morgan fingerprint density at radius 1 is 1.22 bits per heavy atom. The summed E-state index contributed by atoms with van der Waals surface area (Å²) in [5, 5.41) is 0. The fourth-order valence-electron chi connectivity index (χ4n) is 3.18. The first kappa shape index (κ1) is 16.0. The lowest BCUT2D eigenvalue weighted by Gasteiger charge is -2.40. The molecule has 0 aromatic rings. The van der Waals surface area contributed by atoms with Crippen molar-refractivity contribution < 1.29 is 8.42 Å². The van der Waals surface area contributed by atoms with Crippen molar-refractivity contribution in [1.29, 1.82) is 0 Å². The number of rotatable bonds is 6. The van der Waals surface area contributed by atoms with Crippen molar-refractivity contribution >= 4 is 9.84 Å². The van der Waals surface area contributed by atoms with Gasteiger partial charge in [0.25, 0.3) is 0 Å². The van der Waals surface area contributed by atoms with Gasteiger partial charge in [0.2, 0.25) is 0 Å². The van der Waals surface area contributed by atoms with Crippen LogP contribution in [-0.4, -0.2) is 26.5 Å². The molecule has 0 spiro atoms. The van der Waals surface area contributed by atoms with E-state index >= 15 is 0 Å². The molecule has 3 nitrogen and oxygen atoms in total. The molecule has 2 N–H and O–H groups in total. The molecule has 0 bridgehead atoms. The maximum absolute atomic E-state index is 11.8. The van der Waals surface area contributed by atoms with Gasteiger partial charge in [-0.05, 0) is 55.9 Å². The van der Waals surface area contributed by atoms with Crippen LogP contribution in [0.1, 0.15) is 52.9 Å². The molecular weight excluding hydrogens is 246 g/mol. The molecule has 0 heterocycles. The second-order valence-electron chi connectivity index (χ2n) is 6.60. The fraction of sp³-hybridized carbons (Fsp3) is 1.00. The van der Waals surface area contributed by atoms with E-state index in [4.69, 9.17) is 5.73 Å². The first-order valence-corrected chi connectivity index (χ1v) is 9.02. The summed E-state index contributed by atoms with van der Waals surface area (Å²) in [6.07, 6.45) is 5.01. The zero-order valence-corrected chi connectivity index (χ0v) is 12.9. The molecule has 1 aliphatic rings. The van der Waals surface area contributed by atoms with Crippen molar-refractivity contribution in [2.45, 2.75) is 52.9 Å². The van der Waals surface area contributed by atoms with E-state index in [1.807, 2.05) is 6.92 Å². The second kappa shape index (κ2) is 6.38. The predicted molar refractivity (Wildman–Crippen MR) is 77.2 cm³/mol. The van der Waals surface area contributed by atoms with E-state index in [1.54, 1.807) is 0 Å². The smallest absolute Gasteiger partial charge is 0.150 e. The van der Waals surface area contributed by atoms with Gasteiger partial charge in [-0.2, -0.15) is 0 Å². The Hall–Kier alpha value is -0.0900. The van der Waals surface area contributed by atoms with Crippen molar-refractivity contribution in [3.05, 3.63) is 0 Å². The fourth-order valence-corrected chi connectivity index (χ4v) is 4.67. The highest BCUT2D eigenvalue weighted by atomic mass is 32.2. The minimum absolute atomic E-state index is 0.330. The first-order chi connectivity index (χ1) is 8.29. The molecule has 4 heteroatoms. The lowest BCUT2D eigenvalue weighted by Crippen LogP contribution is -2.35. The molecule has 1 rings (SSSR count). The van der Waals surface area contributed by atoms with E-state index in [0.717, 1.165) is 25.7 Å². The van der Waals surface area contributed by atoms with Crippen LogP contribution in [0, 0.1) is 17.3 Å². The Bertz CT molecular complexity index is 349. The Balaban J connectivity index is 2.57. The Kier molecular flexibility index (Phi) is 5.66. The maximum Gasteiger partial charge on any atom is 0.150 e. The highest BCUT2D eigenvalue weighted by molar-refractivity contribution is 7.91. The molecule has 1 aliphatic carbocycles. The molecular formula is C14H29NO2S. The van der Waals surface area contributed by atoms with E-state index < -0.39 is 9.84 Å². The monoisotopic (exact) mass is 275 g/mol. The lowest BCUT2D eigenvalue weighted by atomic mass is 9.66. The van der Waals surface area contributed by atoms with Crippen molar-refractivity contribution in [2.75, 3.05) is 18.1 Å². The molecule has 18 heavy (non-hydrogen) atoms. The van der Waals surface area contributed by atoms with Crippen molar-refractivity contribution in [2.24, 2.45) is 23.0 Å². The highest BCUT2D eigenvalue weighted by Crippen LogP contribution is 2.42. The van der Waals surface area contributed by atoms with Crippen molar-refractivity contribution in [3.8, 4) is 0 Å². The van der Waals surface area contributed by atoms with Crippen LogP contribution in [0.5, 0.6) is 0 Å². The summed E-state index contributed by atoms with van der Waals surface area (Å²) in [6.45, 7) is 7.19. The Morgan fingerprint density at radius 3 is 2.44 bits per heavy atom. The SMILES string of the molecule is CCCS(=O)(=O)CCC1CC(C)(C)CCC1CN. The molecule has 1 saturated carbocycles. The third kappa shape index (κ3) is 4.88. The average Bonchev–Trinajstić information content (AvgIpc) is 2.26. The molecule has 0 amide bonds. The van der Waals surface area contributed by atoms with E-state index in [0.29, 0.717) is 35.3 Å². The van der Waals surface area contributed by atoms with Gasteiger partial charge in [0.05, 0.1) is 5.75 Å². The van der Waals surface area contributed by atoms with Crippen LogP contribution in [0.3, 0.4) is 0 Å². The van der Waals surface area contributed by atoms with Gasteiger partial charge in [-0.15, -0.1) is 0 Å². The molecule has 2 unspecified atom stereocenters. The molecule has 0 radical (unpaired) electrons. The standard InChI is InChI=1S/C14H29NO2S/c1-4-8-18(16,17)9-6-12-10-14(2,3)7-5-13(12)11-15/h12-13H,4-11,15H2,1-3H3. The zero-order chi connectivity index (χ0) is 13.8. The van der Waals surface area contributed by atoms with Crippen LogP contribution < -0.4 is 5.73 Å². The van der Waals surface area contributed by atoms with Crippen LogP contribution in [0.4, 0.5) is 0 Å². The largest absolute Gasteiger partial charge is 0.330 e. The van der Waals surface area contributed by atoms with Gasteiger partial charge in [-0.3, -0.25) is 0 Å². The molecule has 0 aromatic carbocycles. The van der Waals surface area contributed by atoms with Crippen LogP contribution in [0.15, 0.2) is 0 Å². The minimum atomic E-state index is -2.84. The van der Waals surface area contributed by atoms with E-state index in [1.165, 1.54) is 6.42 Å². The van der Waals surface area contributed by atoms with Gasteiger partial charge in [-0.25, -0.2) is 8.42 Å². The van der Waals surface area contributed by atoms with Gasteiger partial charge in [0.15, 0.2) is 0 Å². The van der Waals surface area contributed by atoms with E-state index in [9.17, 15) is 8.42 Å². The normalized spacial score (nSPS) is 28.2. The molecule has 1 fully saturated rings. The van der Waals surface area contributed by atoms with Crippen LogP contribution in [0.2, 0.25) is 0 Å². The number of hydrogen-bond donors (Lipinski definition) is 1. The summed E-state index contributed by atoms with van der Waals surface area (Å²) in [5.74, 6) is 1.69. The summed E-state index contributed by atoms with van der Waals surface area (Å²) in [7, 11) is -2.84. The highest BCUT2D eigenvalue weighted by Gasteiger charge is 2.34. The third-order valence-electron chi connectivity index (χ3n) is 4.29. The number of sulfone groups is 1. The Morgan fingerprint density at radius 2 is 1.89 bits per heavy atom. The number of hydrogen-bond acceptors (Lipinski definition) is 3. The second-order valence-corrected chi connectivity index (χ2v) is 8.91. The van der Waals surface area contributed by atoms with Gasteiger partial charge in [0, 0.05) is 5.75 Å².